The minimum Gasteiger partial charge on any atom is -0.339 e. The van der Waals surface area contributed by atoms with Gasteiger partial charge in [-0.15, -0.1) is 0 Å². The fraction of sp³-hybridized carbons (Fsp3) is 0.462. The molecule has 0 saturated carbocycles. The van der Waals surface area contributed by atoms with Gasteiger partial charge in [0.15, 0.2) is 0 Å². The maximum Gasteiger partial charge on any atom is 0.416 e. The number of likely N-dealkylation sites (N-methyl/N-ethyl adjacent to an activating group) is 1. The molecule has 0 bridgehead atoms. The molecule has 4 rings (SSSR count). The van der Waals surface area contributed by atoms with Gasteiger partial charge >= 0.3 is 12.4 Å². The number of carbonyl (C=O) groups is 2. The van der Waals surface area contributed by atoms with Gasteiger partial charge in [0.2, 0.25) is 5.91 Å². The van der Waals surface area contributed by atoms with E-state index in [-0.39, 0.29) is 37.9 Å². The first kappa shape index (κ1) is 27.7. The van der Waals surface area contributed by atoms with Crippen molar-refractivity contribution in [1.82, 2.24) is 14.7 Å². The zero-order chi connectivity index (χ0) is 27.9. The lowest BCUT2D eigenvalue weighted by Gasteiger charge is -2.43. The Morgan fingerprint density at radius 1 is 0.921 bits per heavy atom. The molecule has 0 aromatic heterocycles. The second-order valence-electron chi connectivity index (χ2n) is 9.90. The van der Waals surface area contributed by atoms with E-state index < -0.39 is 40.5 Å². The number of piperidine rings is 1. The van der Waals surface area contributed by atoms with Gasteiger partial charge in [-0.3, -0.25) is 9.59 Å². The number of carbonyl (C=O) groups excluding carboxylic acids is 2. The van der Waals surface area contributed by atoms with Gasteiger partial charge in [-0.1, -0.05) is 18.2 Å². The lowest BCUT2D eigenvalue weighted by Crippen LogP contribution is -2.57. The number of alkyl halides is 6. The third kappa shape index (κ3) is 5.45. The lowest BCUT2D eigenvalue weighted by atomic mass is 9.85. The van der Waals surface area contributed by atoms with E-state index in [1.54, 1.807) is 4.90 Å². The summed E-state index contributed by atoms with van der Waals surface area (Å²) >= 11 is 0. The normalized spacial score (nSPS) is 18.1. The molecule has 12 heteroatoms. The fourth-order valence-corrected chi connectivity index (χ4v) is 5.03. The summed E-state index contributed by atoms with van der Waals surface area (Å²) in [4.78, 5) is 33.7. The molecular weight excluding hydrogens is 514 g/mol. The van der Waals surface area contributed by atoms with E-state index in [2.05, 4.69) is 0 Å². The minimum absolute atomic E-state index is 0.000768. The summed E-state index contributed by atoms with van der Waals surface area (Å²) in [6.07, 6.45) is -9.72. The molecule has 0 aliphatic carbocycles. The van der Waals surface area contributed by atoms with E-state index in [4.69, 9.17) is 0 Å². The molecule has 0 radical (unpaired) electrons. The van der Waals surface area contributed by atoms with E-state index in [1.165, 1.54) is 4.90 Å². The molecule has 2 fully saturated rings. The SMILES string of the molecule is CN(C)CCN1CN(c2ccccc2)C2(CCN(C(=O)c3cc(C(F)(F)F)cc(C(F)(F)F)c3)CC2)C1=O. The number of benzene rings is 2. The second kappa shape index (κ2) is 10.1. The van der Waals surface area contributed by atoms with Crippen LogP contribution in [-0.4, -0.2) is 79.0 Å². The third-order valence-electron chi connectivity index (χ3n) is 7.11. The van der Waals surface area contributed by atoms with Crippen molar-refractivity contribution in [2.24, 2.45) is 0 Å². The van der Waals surface area contributed by atoms with E-state index >= 15 is 0 Å². The molecule has 2 aliphatic heterocycles. The summed E-state index contributed by atoms with van der Waals surface area (Å²) in [5, 5.41) is 0. The van der Waals surface area contributed by atoms with Crippen molar-refractivity contribution in [3.8, 4) is 0 Å². The number of para-hydroxylation sites is 1. The topological polar surface area (TPSA) is 47.1 Å². The van der Waals surface area contributed by atoms with Crippen molar-refractivity contribution >= 4 is 17.5 Å². The molecule has 0 N–H and O–H groups in total. The van der Waals surface area contributed by atoms with Crippen LogP contribution in [0.5, 0.6) is 0 Å². The van der Waals surface area contributed by atoms with Gasteiger partial charge < -0.3 is 19.6 Å². The first-order valence-corrected chi connectivity index (χ1v) is 12.1. The van der Waals surface area contributed by atoms with Crippen LogP contribution in [0.2, 0.25) is 0 Å². The average Bonchev–Trinajstić information content (AvgIpc) is 3.13. The molecule has 0 unspecified atom stereocenters. The highest BCUT2D eigenvalue weighted by molar-refractivity contribution is 5.96. The Balaban J connectivity index is 1.59. The predicted molar refractivity (Wildman–Crippen MR) is 128 cm³/mol. The summed E-state index contributed by atoms with van der Waals surface area (Å²) < 4.78 is 79.8. The van der Waals surface area contributed by atoms with E-state index in [0.717, 1.165) is 5.69 Å². The van der Waals surface area contributed by atoms with Crippen LogP contribution in [-0.2, 0) is 17.1 Å². The van der Waals surface area contributed by atoms with Crippen LogP contribution in [0, 0.1) is 0 Å². The zero-order valence-electron chi connectivity index (χ0n) is 20.9. The van der Waals surface area contributed by atoms with Crippen LogP contribution in [0.15, 0.2) is 48.5 Å². The number of halogens is 6. The summed E-state index contributed by atoms with van der Waals surface area (Å²) in [6, 6.07) is 10.2. The standard InChI is InChI=1S/C26H28F6N4O2/c1-33(2)12-13-35-17-36(21-6-4-3-5-7-21)24(23(35)38)8-10-34(11-9-24)22(37)18-14-19(25(27,28)29)16-20(15-18)26(30,31)32/h3-7,14-16H,8-13,17H2,1-2H3. The van der Waals surface area contributed by atoms with Crippen molar-refractivity contribution in [2.45, 2.75) is 30.7 Å². The number of amides is 2. The van der Waals surface area contributed by atoms with Crippen molar-refractivity contribution < 1.29 is 35.9 Å². The van der Waals surface area contributed by atoms with Gasteiger partial charge in [0, 0.05) is 37.4 Å². The lowest BCUT2D eigenvalue weighted by molar-refractivity contribution is -0.143. The van der Waals surface area contributed by atoms with Gasteiger partial charge in [-0.25, -0.2) is 0 Å². The van der Waals surface area contributed by atoms with Crippen LogP contribution < -0.4 is 4.90 Å². The molecule has 2 aromatic carbocycles. The number of likely N-dealkylation sites (tertiary alicyclic amines) is 1. The fourth-order valence-electron chi connectivity index (χ4n) is 5.03. The van der Waals surface area contributed by atoms with Crippen molar-refractivity contribution in [1.29, 1.82) is 0 Å². The Morgan fingerprint density at radius 2 is 1.47 bits per heavy atom. The smallest absolute Gasteiger partial charge is 0.339 e. The monoisotopic (exact) mass is 542 g/mol. The highest BCUT2D eigenvalue weighted by atomic mass is 19.4. The number of hydrogen-bond donors (Lipinski definition) is 0. The minimum atomic E-state index is -5.05. The summed E-state index contributed by atoms with van der Waals surface area (Å²) in [6.45, 7) is 1.49. The van der Waals surface area contributed by atoms with Crippen molar-refractivity contribution in [3.05, 3.63) is 65.2 Å². The van der Waals surface area contributed by atoms with Gasteiger partial charge in [-0.05, 0) is 57.3 Å². The van der Waals surface area contributed by atoms with Crippen LogP contribution in [0.4, 0.5) is 32.0 Å². The van der Waals surface area contributed by atoms with Crippen molar-refractivity contribution in [2.75, 3.05) is 51.8 Å². The van der Waals surface area contributed by atoms with Crippen LogP contribution >= 0.6 is 0 Å². The first-order valence-electron chi connectivity index (χ1n) is 12.1. The Morgan fingerprint density at radius 3 is 1.97 bits per heavy atom. The van der Waals surface area contributed by atoms with Crippen LogP contribution in [0.25, 0.3) is 0 Å². The molecule has 1 spiro atoms. The highest BCUT2D eigenvalue weighted by Gasteiger charge is 2.54. The maximum absolute atomic E-state index is 13.6. The molecule has 38 heavy (non-hydrogen) atoms. The molecule has 2 aliphatic rings. The molecule has 6 nitrogen and oxygen atoms in total. The van der Waals surface area contributed by atoms with Crippen LogP contribution in [0.1, 0.15) is 34.3 Å². The zero-order valence-corrected chi connectivity index (χ0v) is 20.9. The average molecular weight is 543 g/mol. The highest BCUT2D eigenvalue weighted by Crippen LogP contribution is 2.40. The Kier molecular flexibility index (Phi) is 7.39. The molecule has 0 atom stereocenters. The van der Waals surface area contributed by atoms with Gasteiger partial charge in [0.25, 0.3) is 5.91 Å². The summed E-state index contributed by atoms with van der Waals surface area (Å²) in [7, 11) is 3.79. The van der Waals surface area contributed by atoms with Crippen molar-refractivity contribution in [3.63, 3.8) is 0 Å². The number of hydrogen-bond acceptors (Lipinski definition) is 4. The Labute approximate surface area is 216 Å². The number of rotatable bonds is 5. The number of nitrogens with zero attached hydrogens (tertiary/aromatic N) is 4. The largest absolute Gasteiger partial charge is 0.416 e. The second-order valence-corrected chi connectivity index (χ2v) is 9.90. The van der Waals surface area contributed by atoms with Gasteiger partial charge in [-0.2, -0.15) is 26.3 Å². The molecule has 2 aromatic rings. The molecule has 2 heterocycles. The molecule has 2 amide bonds. The first-order chi connectivity index (χ1) is 17.7. The number of anilines is 1. The van der Waals surface area contributed by atoms with E-state index in [9.17, 15) is 35.9 Å². The quantitative estimate of drug-likeness (QED) is 0.520. The molecule has 206 valence electrons. The Bertz CT molecular complexity index is 1140. The molecular formula is C26H28F6N4O2. The maximum atomic E-state index is 13.6. The Hall–Kier alpha value is -3.28. The summed E-state index contributed by atoms with van der Waals surface area (Å²) in [5.74, 6) is -1.04. The predicted octanol–water partition coefficient (Wildman–Crippen LogP) is 4.57. The van der Waals surface area contributed by atoms with E-state index in [1.807, 2.05) is 54.2 Å². The van der Waals surface area contributed by atoms with Crippen LogP contribution in [0.3, 0.4) is 0 Å². The van der Waals surface area contributed by atoms with E-state index in [0.29, 0.717) is 31.9 Å². The van der Waals surface area contributed by atoms with Gasteiger partial charge in [0.1, 0.15) is 5.54 Å². The molecule has 2 saturated heterocycles. The van der Waals surface area contributed by atoms with Gasteiger partial charge in [0.05, 0.1) is 17.8 Å². The third-order valence-corrected chi connectivity index (χ3v) is 7.11. The summed E-state index contributed by atoms with van der Waals surface area (Å²) in [5.41, 5.74) is -3.91.